The van der Waals surface area contributed by atoms with Gasteiger partial charge in [-0.25, -0.2) is 0 Å². The van der Waals surface area contributed by atoms with Gasteiger partial charge in [-0.05, 0) is 63.5 Å². The van der Waals surface area contributed by atoms with Gasteiger partial charge in [0.25, 0.3) is 0 Å². The van der Waals surface area contributed by atoms with Gasteiger partial charge < -0.3 is 9.05 Å². The molecule has 1 aromatic rings. The molecule has 4 heteroatoms. The third kappa shape index (κ3) is 6.63. The van der Waals surface area contributed by atoms with Crippen LogP contribution in [0.3, 0.4) is 0 Å². The van der Waals surface area contributed by atoms with E-state index in [9.17, 15) is 0 Å². The van der Waals surface area contributed by atoms with Crippen LogP contribution in [0.5, 0.6) is 5.75 Å². The Morgan fingerprint density at radius 2 is 1.36 bits per heavy atom. The van der Waals surface area contributed by atoms with E-state index < -0.39 is 8.60 Å². The first-order valence-electron chi connectivity index (χ1n) is 14.4. The molecule has 39 heavy (non-hydrogen) atoms. The number of fused-ring (bicyclic) bond motifs is 2. The molecule has 0 aromatic heterocycles. The molecule has 2 aliphatic carbocycles. The van der Waals surface area contributed by atoms with Crippen molar-refractivity contribution in [2.24, 2.45) is 21.7 Å². The SMILES string of the molecule is CC(C)(C)C1=C/C2=C3\CCC(C(C)(C)C)=CC3=C(C(C)(C)C)OP(Oc3ccccc3)OC2C(C(C)(C)C)=C1. The van der Waals surface area contributed by atoms with Gasteiger partial charge in [0.2, 0.25) is 0 Å². The topological polar surface area (TPSA) is 27.7 Å². The van der Waals surface area contributed by atoms with E-state index in [0.29, 0.717) is 0 Å². The maximum absolute atomic E-state index is 6.96. The van der Waals surface area contributed by atoms with Crippen LogP contribution in [0, 0.1) is 21.7 Å². The molecule has 0 radical (unpaired) electrons. The van der Waals surface area contributed by atoms with Gasteiger partial charge in [0, 0.05) is 11.0 Å². The van der Waals surface area contributed by atoms with Gasteiger partial charge in [0.15, 0.2) is 0 Å². The summed E-state index contributed by atoms with van der Waals surface area (Å²) in [5.74, 6) is 1.70. The van der Waals surface area contributed by atoms with E-state index in [1.54, 1.807) is 0 Å². The van der Waals surface area contributed by atoms with Gasteiger partial charge in [-0.1, -0.05) is 125 Å². The standard InChI is InChI=1S/C35H49O3P/c1-32(2,3)23-18-19-26-27-21-24(33(4,5)6)22-29(34(7,8)9)30(27)37-39(36-25-16-14-13-15-17-25)38-31(28(26)20-23)35(10,11)12/h13-17,20-22,30H,18-19H2,1-12H3/b27-26-,31-28?. The molecule has 0 N–H and O–H groups in total. The molecule has 3 nitrogen and oxygen atoms in total. The lowest BCUT2D eigenvalue weighted by molar-refractivity contribution is 0.172. The Balaban J connectivity index is 2.03. The quantitative estimate of drug-likeness (QED) is 0.344. The van der Waals surface area contributed by atoms with Crippen molar-refractivity contribution >= 4 is 8.60 Å². The van der Waals surface area contributed by atoms with Crippen molar-refractivity contribution in [3.05, 3.63) is 87.8 Å². The molecular formula is C35H49O3P. The van der Waals surface area contributed by atoms with Gasteiger partial charge in [-0.15, -0.1) is 0 Å². The monoisotopic (exact) mass is 548 g/mol. The van der Waals surface area contributed by atoms with E-state index in [-0.39, 0.29) is 27.8 Å². The largest absolute Gasteiger partial charge is 0.463 e. The van der Waals surface area contributed by atoms with Crippen LogP contribution in [0.15, 0.2) is 87.8 Å². The minimum absolute atomic E-state index is 0.0109. The number of para-hydroxylation sites is 1. The maximum atomic E-state index is 6.96. The van der Waals surface area contributed by atoms with Crippen molar-refractivity contribution in [3.8, 4) is 5.75 Å². The predicted octanol–water partition coefficient (Wildman–Crippen LogP) is 11.0. The van der Waals surface area contributed by atoms with E-state index in [0.717, 1.165) is 24.4 Å². The van der Waals surface area contributed by atoms with E-state index in [2.05, 4.69) is 101 Å². The Morgan fingerprint density at radius 3 is 1.90 bits per heavy atom. The molecule has 0 spiro atoms. The molecule has 212 valence electrons. The van der Waals surface area contributed by atoms with Gasteiger partial charge in [-0.3, -0.25) is 4.52 Å². The van der Waals surface area contributed by atoms with Crippen molar-refractivity contribution < 1.29 is 13.6 Å². The van der Waals surface area contributed by atoms with Gasteiger partial charge >= 0.3 is 8.60 Å². The van der Waals surface area contributed by atoms with Crippen LogP contribution < -0.4 is 4.52 Å². The molecule has 3 aliphatic rings. The van der Waals surface area contributed by atoms with Gasteiger partial charge in [0.1, 0.15) is 17.6 Å². The smallest absolute Gasteiger partial charge is 0.421 e. The normalized spacial score (nSPS) is 24.9. The second kappa shape index (κ2) is 10.4. The zero-order valence-electron chi connectivity index (χ0n) is 26.3. The molecule has 1 aliphatic heterocycles. The van der Waals surface area contributed by atoms with Crippen molar-refractivity contribution in [2.45, 2.75) is 102 Å². The minimum Gasteiger partial charge on any atom is -0.421 e. The van der Waals surface area contributed by atoms with Gasteiger partial charge in [-0.2, -0.15) is 0 Å². The summed E-state index contributed by atoms with van der Waals surface area (Å²) in [7, 11) is -1.72. The molecule has 0 amide bonds. The van der Waals surface area contributed by atoms with E-state index in [1.165, 1.54) is 33.4 Å². The summed E-state index contributed by atoms with van der Waals surface area (Å²) in [6.07, 6.45) is 8.98. The van der Waals surface area contributed by atoms with Crippen molar-refractivity contribution in [3.63, 3.8) is 0 Å². The summed E-state index contributed by atoms with van der Waals surface area (Å²) in [6, 6.07) is 9.91. The third-order valence-corrected chi connectivity index (χ3v) is 8.80. The molecule has 0 fully saturated rings. The fraction of sp³-hybridized carbons (Fsp3) is 0.543. The van der Waals surface area contributed by atoms with Crippen LogP contribution in [0.4, 0.5) is 0 Å². The third-order valence-electron chi connectivity index (χ3n) is 7.73. The maximum Gasteiger partial charge on any atom is 0.463 e. The van der Waals surface area contributed by atoms with Crippen LogP contribution in [-0.2, 0) is 9.05 Å². The van der Waals surface area contributed by atoms with Crippen LogP contribution >= 0.6 is 8.60 Å². The zero-order chi connectivity index (χ0) is 29.0. The van der Waals surface area contributed by atoms with Crippen LogP contribution in [0.25, 0.3) is 0 Å². The van der Waals surface area contributed by atoms with Crippen molar-refractivity contribution in [2.75, 3.05) is 0 Å². The van der Waals surface area contributed by atoms with Crippen LogP contribution in [0.2, 0.25) is 0 Å². The summed E-state index contributed by atoms with van der Waals surface area (Å²) >= 11 is 0. The van der Waals surface area contributed by atoms with Crippen molar-refractivity contribution in [1.29, 1.82) is 0 Å². The molecule has 1 aromatic carbocycles. The van der Waals surface area contributed by atoms with E-state index in [1.807, 2.05) is 30.3 Å². The first-order valence-corrected chi connectivity index (χ1v) is 15.5. The summed E-state index contributed by atoms with van der Waals surface area (Å²) in [6.45, 7) is 27.4. The number of hydrogen-bond acceptors (Lipinski definition) is 3. The lowest BCUT2D eigenvalue weighted by Crippen LogP contribution is -2.33. The fourth-order valence-electron chi connectivity index (χ4n) is 5.30. The lowest BCUT2D eigenvalue weighted by atomic mass is 9.69. The summed E-state index contributed by atoms with van der Waals surface area (Å²) in [4.78, 5) is 0. The zero-order valence-corrected chi connectivity index (χ0v) is 27.2. The average Bonchev–Trinajstić information content (AvgIpc) is 2.79. The molecule has 4 rings (SSSR count). The molecule has 2 unspecified atom stereocenters. The predicted molar refractivity (Wildman–Crippen MR) is 165 cm³/mol. The highest BCUT2D eigenvalue weighted by Crippen LogP contribution is 2.57. The highest BCUT2D eigenvalue weighted by atomic mass is 31.2. The fourth-order valence-corrected chi connectivity index (χ4v) is 6.64. The summed E-state index contributed by atoms with van der Waals surface area (Å²) in [5, 5.41) is 0. The Labute approximate surface area is 239 Å². The minimum atomic E-state index is -1.72. The van der Waals surface area contributed by atoms with Gasteiger partial charge in [0.05, 0.1) is 0 Å². The Hall–Kier alpha value is -2.09. The summed E-state index contributed by atoms with van der Waals surface area (Å²) in [5.41, 5.74) is 7.68. The molecule has 2 atom stereocenters. The van der Waals surface area contributed by atoms with E-state index >= 15 is 0 Å². The Bertz CT molecular complexity index is 1250. The number of benzene rings is 1. The number of rotatable bonds is 2. The lowest BCUT2D eigenvalue weighted by Gasteiger charge is -2.42. The molecule has 0 saturated heterocycles. The second-order valence-corrected chi connectivity index (χ2v) is 16.3. The number of hydrogen-bond donors (Lipinski definition) is 0. The van der Waals surface area contributed by atoms with Crippen LogP contribution in [0.1, 0.15) is 95.9 Å². The Kier molecular flexibility index (Phi) is 7.96. The molecular weight excluding hydrogens is 499 g/mol. The Morgan fingerprint density at radius 1 is 0.718 bits per heavy atom. The summed E-state index contributed by atoms with van der Waals surface area (Å²) < 4.78 is 20.3. The number of allylic oxidation sites excluding steroid dienone is 7. The molecule has 0 bridgehead atoms. The van der Waals surface area contributed by atoms with Crippen LogP contribution in [-0.4, -0.2) is 6.10 Å². The van der Waals surface area contributed by atoms with E-state index in [4.69, 9.17) is 13.6 Å². The second-order valence-electron chi connectivity index (χ2n) is 15.3. The highest BCUT2D eigenvalue weighted by Gasteiger charge is 2.42. The highest BCUT2D eigenvalue weighted by molar-refractivity contribution is 7.42. The van der Waals surface area contributed by atoms with Crippen molar-refractivity contribution in [1.82, 2.24) is 0 Å². The average molecular weight is 549 g/mol. The molecule has 0 saturated carbocycles. The molecule has 1 heterocycles. The first-order chi connectivity index (χ1) is 17.9. The first kappa shape index (κ1) is 29.9.